The summed E-state index contributed by atoms with van der Waals surface area (Å²) >= 11 is 0. The van der Waals surface area contributed by atoms with E-state index >= 15 is 0 Å². The standard InChI is InChI=1S/C16H30N4O/c1-5-6-14(9-10-17)7-8-16(21)18-11-15-12(2)19-20(4)13(15)3/h14H,5-11,17H2,1-4H3,(H,18,21). The minimum Gasteiger partial charge on any atom is -0.352 e. The van der Waals surface area contributed by atoms with Crippen molar-refractivity contribution in [3.8, 4) is 0 Å². The Morgan fingerprint density at radius 3 is 2.57 bits per heavy atom. The molecule has 0 aromatic carbocycles. The summed E-state index contributed by atoms with van der Waals surface area (Å²) < 4.78 is 1.86. The summed E-state index contributed by atoms with van der Waals surface area (Å²) in [5.74, 6) is 0.698. The van der Waals surface area contributed by atoms with Gasteiger partial charge in [0.2, 0.25) is 5.91 Å². The van der Waals surface area contributed by atoms with E-state index in [1.807, 2.05) is 25.6 Å². The van der Waals surface area contributed by atoms with Crippen LogP contribution in [0.3, 0.4) is 0 Å². The van der Waals surface area contributed by atoms with E-state index in [4.69, 9.17) is 5.73 Å². The summed E-state index contributed by atoms with van der Waals surface area (Å²) in [6, 6.07) is 0. The number of rotatable bonds is 9. The van der Waals surface area contributed by atoms with Gasteiger partial charge in [-0.05, 0) is 39.2 Å². The lowest BCUT2D eigenvalue weighted by atomic mass is 9.94. The number of hydrogen-bond acceptors (Lipinski definition) is 3. The van der Waals surface area contributed by atoms with Gasteiger partial charge < -0.3 is 11.1 Å². The largest absolute Gasteiger partial charge is 0.352 e. The zero-order chi connectivity index (χ0) is 15.8. The molecule has 0 bridgehead atoms. The van der Waals surface area contributed by atoms with Crippen molar-refractivity contribution >= 4 is 5.91 Å². The number of nitrogens with zero attached hydrogens (tertiary/aromatic N) is 2. The number of aryl methyl sites for hydroxylation is 2. The average molecular weight is 294 g/mol. The Bertz CT molecular complexity index is 447. The van der Waals surface area contributed by atoms with Crippen LogP contribution < -0.4 is 11.1 Å². The Morgan fingerprint density at radius 1 is 1.33 bits per heavy atom. The van der Waals surface area contributed by atoms with Crippen molar-refractivity contribution in [1.29, 1.82) is 0 Å². The number of carbonyl (C=O) groups is 1. The monoisotopic (exact) mass is 294 g/mol. The minimum atomic E-state index is 0.121. The molecule has 1 amide bonds. The molecular formula is C16H30N4O. The summed E-state index contributed by atoms with van der Waals surface area (Å²) in [5, 5.41) is 7.37. The third kappa shape index (κ3) is 5.50. The molecule has 1 heterocycles. The number of hydrogen-bond donors (Lipinski definition) is 2. The molecule has 0 aliphatic heterocycles. The molecule has 120 valence electrons. The molecule has 0 saturated heterocycles. The van der Waals surface area contributed by atoms with Crippen LogP contribution in [0.5, 0.6) is 0 Å². The Morgan fingerprint density at radius 2 is 2.05 bits per heavy atom. The molecule has 1 atom stereocenters. The second kappa shape index (κ2) is 8.82. The van der Waals surface area contributed by atoms with Crippen molar-refractivity contribution < 1.29 is 4.79 Å². The van der Waals surface area contributed by atoms with Crippen molar-refractivity contribution in [1.82, 2.24) is 15.1 Å². The van der Waals surface area contributed by atoms with E-state index in [0.29, 0.717) is 25.4 Å². The van der Waals surface area contributed by atoms with Gasteiger partial charge >= 0.3 is 0 Å². The highest BCUT2D eigenvalue weighted by atomic mass is 16.1. The zero-order valence-electron chi connectivity index (χ0n) is 13.9. The lowest BCUT2D eigenvalue weighted by Gasteiger charge is -2.14. The van der Waals surface area contributed by atoms with Crippen LogP contribution >= 0.6 is 0 Å². The van der Waals surface area contributed by atoms with Crippen LogP contribution in [0, 0.1) is 19.8 Å². The smallest absolute Gasteiger partial charge is 0.220 e. The van der Waals surface area contributed by atoms with Gasteiger partial charge in [0.25, 0.3) is 0 Å². The van der Waals surface area contributed by atoms with Gasteiger partial charge in [0.05, 0.1) is 5.69 Å². The zero-order valence-corrected chi connectivity index (χ0v) is 13.9. The highest BCUT2D eigenvalue weighted by Crippen LogP contribution is 2.17. The molecule has 3 N–H and O–H groups in total. The Balaban J connectivity index is 2.40. The molecule has 0 aliphatic carbocycles. The highest BCUT2D eigenvalue weighted by Gasteiger charge is 2.12. The van der Waals surface area contributed by atoms with Crippen LogP contribution in [0.1, 0.15) is 56.0 Å². The molecule has 1 aromatic heterocycles. The molecule has 5 heteroatoms. The number of nitrogens with two attached hydrogens (primary N) is 1. The van der Waals surface area contributed by atoms with E-state index < -0.39 is 0 Å². The summed E-state index contributed by atoms with van der Waals surface area (Å²) in [4.78, 5) is 12.0. The van der Waals surface area contributed by atoms with Crippen LogP contribution in [0.2, 0.25) is 0 Å². The highest BCUT2D eigenvalue weighted by molar-refractivity contribution is 5.75. The summed E-state index contributed by atoms with van der Waals surface area (Å²) in [6.07, 6.45) is 4.85. The summed E-state index contributed by atoms with van der Waals surface area (Å²) in [6.45, 7) is 7.46. The Labute approximate surface area is 128 Å². The van der Waals surface area contributed by atoms with Gasteiger partial charge in [-0.3, -0.25) is 9.48 Å². The molecule has 21 heavy (non-hydrogen) atoms. The van der Waals surface area contributed by atoms with Gasteiger partial charge in [-0.15, -0.1) is 0 Å². The van der Waals surface area contributed by atoms with Crippen molar-refractivity contribution in [2.24, 2.45) is 18.7 Å². The molecule has 0 spiro atoms. The maximum atomic E-state index is 12.0. The average Bonchev–Trinajstić information content (AvgIpc) is 2.68. The lowest BCUT2D eigenvalue weighted by Crippen LogP contribution is -2.24. The lowest BCUT2D eigenvalue weighted by molar-refractivity contribution is -0.121. The second-order valence-corrected chi connectivity index (χ2v) is 5.82. The van der Waals surface area contributed by atoms with Crippen LogP contribution in [-0.2, 0) is 18.4 Å². The molecule has 5 nitrogen and oxygen atoms in total. The Hall–Kier alpha value is -1.36. The summed E-state index contributed by atoms with van der Waals surface area (Å²) in [7, 11) is 1.93. The molecule has 1 aromatic rings. The number of nitrogens with one attached hydrogen (secondary N) is 1. The van der Waals surface area contributed by atoms with Gasteiger partial charge in [-0.1, -0.05) is 19.8 Å². The molecule has 1 rings (SSSR count). The predicted octanol–water partition coefficient (Wildman–Crippen LogP) is 2.20. The van der Waals surface area contributed by atoms with Crippen LogP contribution in [0.4, 0.5) is 0 Å². The first kappa shape index (κ1) is 17.7. The first-order valence-electron chi connectivity index (χ1n) is 7.95. The minimum absolute atomic E-state index is 0.121. The fourth-order valence-electron chi connectivity index (χ4n) is 2.76. The molecule has 0 fully saturated rings. The quantitative estimate of drug-likeness (QED) is 0.733. The molecule has 0 aliphatic rings. The van der Waals surface area contributed by atoms with Gasteiger partial charge in [0.15, 0.2) is 0 Å². The molecule has 1 unspecified atom stereocenters. The van der Waals surface area contributed by atoms with E-state index in [1.165, 1.54) is 0 Å². The molecular weight excluding hydrogens is 264 g/mol. The number of aromatic nitrogens is 2. The fraction of sp³-hybridized carbons (Fsp3) is 0.750. The van der Waals surface area contributed by atoms with E-state index in [2.05, 4.69) is 17.3 Å². The van der Waals surface area contributed by atoms with Crippen LogP contribution in [-0.4, -0.2) is 22.2 Å². The third-order valence-electron chi connectivity index (χ3n) is 4.17. The molecule has 0 saturated carbocycles. The van der Waals surface area contributed by atoms with Gasteiger partial charge in [0.1, 0.15) is 0 Å². The van der Waals surface area contributed by atoms with E-state index in [9.17, 15) is 4.79 Å². The van der Waals surface area contributed by atoms with Gasteiger partial charge in [-0.2, -0.15) is 5.10 Å². The van der Waals surface area contributed by atoms with Gasteiger partial charge in [0, 0.05) is 31.3 Å². The van der Waals surface area contributed by atoms with Crippen molar-refractivity contribution in [2.75, 3.05) is 6.54 Å². The topological polar surface area (TPSA) is 72.9 Å². The van der Waals surface area contributed by atoms with Crippen molar-refractivity contribution in [3.63, 3.8) is 0 Å². The Kier molecular flexibility index (Phi) is 7.43. The fourth-order valence-corrected chi connectivity index (χ4v) is 2.76. The normalized spacial score (nSPS) is 12.4. The SMILES string of the molecule is CCCC(CCN)CCC(=O)NCc1c(C)nn(C)c1C. The van der Waals surface area contributed by atoms with E-state index in [0.717, 1.165) is 42.6 Å². The summed E-state index contributed by atoms with van der Waals surface area (Å²) in [5.41, 5.74) is 8.85. The first-order valence-corrected chi connectivity index (χ1v) is 7.95. The van der Waals surface area contributed by atoms with E-state index in [1.54, 1.807) is 0 Å². The first-order chi connectivity index (χ1) is 9.99. The predicted molar refractivity (Wildman–Crippen MR) is 85.8 cm³/mol. The van der Waals surface area contributed by atoms with Crippen molar-refractivity contribution in [2.45, 2.75) is 59.4 Å². The van der Waals surface area contributed by atoms with Crippen molar-refractivity contribution in [3.05, 3.63) is 17.0 Å². The maximum absolute atomic E-state index is 12.0. The third-order valence-corrected chi connectivity index (χ3v) is 4.17. The number of carbonyl (C=O) groups excluding carboxylic acids is 1. The second-order valence-electron chi connectivity index (χ2n) is 5.82. The molecule has 0 radical (unpaired) electrons. The maximum Gasteiger partial charge on any atom is 0.220 e. The van der Waals surface area contributed by atoms with Crippen LogP contribution in [0.15, 0.2) is 0 Å². The van der Waals surface area contributed by atoms with Crippen LogP contribution in [0.25, 0.3) is 0 Å². The van der Waals surface area contributed by atoms with Gasteiger partial charge in [-0.25, -0.2) is 0 Å². The number of amides is 1. The van der Waals surface area contributed by atoms with E-state index in [-0.39, 0.29) is 5.91 Å².